The van der Waals surface area contributed by atoms with Crippen LogP contribution < -0.4 is 5.32 Å². The molecule has 1 saturated heterocycles. The van der Waals surface area contributed by atoms with Gasteiger partial charge in [0.1, 0.15) is 0 Å². The third-order valence-corrected chi connectivity index (χ3v) is 4.05. The number of anilines is 1. The van der Waals surface area contributed by atoms with Crippen molar-refractivity contribution in [1.29, 1.82) is 0 Å². The Kier molecular flexibility index (Phi) is 5.16. The Balaban J connectivity index is 1.64. The second-order valence-electron chi connectivity index (χ2n) is 5.53. The van der Waals surface area contributed by atoms with Gasteiger partial charge in [-0.05, 0) is 41.8 Å². The highest BCUT2D eigenvalue weighted by Gasteiger charge is 2.16. The van der Waals surface area contributed by atoms with Crippen molar-refractivity contribution in [2.24, 2.45) is 0 Å². The van der Waals surface area contributed by atoms with E-state index >= 15 is 0 Å². The van der Waals surface area contributed by atoms with E-state index in [2.05, 4.69) is 11.4 Å². The van der Waals surface area contributed by atoms with Gasteiger partial charge in [-0.2, -0.15) is 0 Å². The monoisotopic (exact) mass is 330 g/mol. The molecule has 0 bridgehead atoms. The maximum Gasteiger partial charge on any atom is 0.321 e. The Bertz CT molecular complexity index is 667. The summed E-state index contributed by atoms with van der Waals surface area (Å²) in [5.74, 6) is 0. The zero-order chi connectivity index (χ0) is 16.1. The highest BCUT2D eigenvalue weighted by atomic mass is 35.5. The molecule has 1 aliphatic heterocycles. The van der Waals surface area contributed by atoms with E-state index < -0.39 is 0 Å². The number of urea groups is 1. The normalized spacial score (nSPS) is 14.6. The summed E-state index contributed by atoms with van der Waals surface area (Å²) in [6.07, 6.45) is 0.804. The van der Waals surface area contributed by atoms with Gasteiger partial charge in [-0.3, -0.25) is 0 Å². The number of rotatable bonds is 3. The van der Waals surface area contributed by atoms with Crippen LogP contribution >= 0.6 is 11.6 Å². The molecule has 1 aliphatic rings. The van der Waals surface area contributed by atoms with Gasteiger partial charge in [-0.25, -0.2) is 4.79 Å². The third kappa shape index (κ3) is 4.47. The van der Waals surface area contributed by atoms with E-state index in [4.69, 9.17) is 16.3 Å². The number of benzene rings is 2. The van der Waals surface area contributed by atoms with Crippen LogP contribution in [-0.4, -0.2) is 37.2 Å². The summed E-state index contributed by atoms with van der Waals surface area (Å²) in [5.41, 5.74) is 3.14. The van der Waals surface area contributed by atoms with Crippen molar-refractivity contribution in [1.82, 2.24) is 4.90 Å². The summed E-state index contributed by atoms with van der Waals surface area (Å²) in [7, 11) is 0. The number of morpholine rings is 1. The van der Waals surface area contributed by atoms with Crippen LogP contribution in [0.2, 0.25) is 5.02 Å². The van der Waals surface area contributed by atoms with E-state index in [1.807, 2.05) is 42.5 Å². The zero-order valence-corrected chi connectivity index (χ0v) is 13.6. The Morgan fingerprint density at radius 3 is 2.57 bits per heavy atom. The van der Waals surface area contributed by atoms with Gasteiger partial charge in [0, 0.05) is 23.8 Å². The molecule has 2 aromatic rings. The summed E-state index contributed by atoms with van der Waals surface area (Å²) >= 11 is 5.91. The van der Waals surface area contributed by atoms with Gasteiger partial charge >= 0.3 is 6.03 Å². The van der Waals surface area contributed by atoms with E-state index in [0.717, 1.165) is 22.7 Å². The van der Waals surface area contributed by atoms with Crippen molar-refractivity contribution in [3.8, 4) is 0 Å². The Morgan fingerprint density at radius 2 is 1.83 bits per heavy atom. The van der Waals surface area contributed by atoms with E-state index in [1.54, 1.807) is 4.90 Å². The van der Waals surface area contributed by atoms with E-state index in [9.17, 15) is 4.79 Å². The van der Waals surface area contributed by atoms with Crippen LogP contribution in [0.3, 0.4) is 0 Å². The smallest absolute Gasteiger partial charge is 0.321 e. The average Bonchev–Trinajstić information content (AvgIpc) is 2.58. The van der Waals surface area contributed by atoms with Crippen LogP contribution in [-0.2, 0) is 11.2 Å². The number of nitrogens with zero attached hydrogens (tertiary/aromatic N) is 1. The largest absolute Gasteiger partial charge is 0.378 e. The second-order valence-corrected chi connectivity index (χ2v) is 5.97. The predicted molar refractivity (Wildman–Crippen MR) is 92.1 cm³/mol. The fourth-order valence-electron chi connectivity index (χ4n) is 2.57. The lowest BCUT2D eigenvalue weighted by atomic mass is 10.0. The summed E-state index contributed by atoms with van der Waals surface area (Å²) in [6.45, 7) is 2.47. The first kappa shape index (κ1) is 15.8. The highest BCUT2D eigenvalue weighted by molar-refractivity contribution is 6.30. The van der Waals surface area contributed by atoms with Crippen molar-refractivity contribution in [3.63, 3.8) is 0 Å². The molecule has 4 nitrogen and oxygen atoms in total. The summed E-state index contributed by atoms with van der Waals surface area (Å²) in [4.78, 5) is 14.0. The molecule has 0 unspecified atom stereocenters. The molecule has 0 aliphatic carbocycles. The number of carbonyl (C=O) groups is 1. The van der Waals surface area contributed by atoms with Crippen LogP contribution in [0, 0.1) is 0 Å². The first-order chi connectivity index (χ1) is 11.2. The number of halogens is 1. The van der Waals surface area contributed by atoms with Gasteiger partial charge in [0.15, 0.2) is 0 Å². The minimum atomic E-state index is -0.0723. The van der Waals surface area contributed by atoms with Gasteiger partial charge in [0.25, 0.3) is 0 Å². The van der Waals surface area contributed by atoms with E-state index in [-0.39, 0.29) is 6.03 Å². The fourth-order valence-corrected chi connectivity index (χ4v) is 2.69. The minimum Gasteiger partial charge on any atom is -0.378 e. The molecule has 0 atom stereocenters. The first-order valence-electron chi connectivity index (χ1n) is 7.68. The number of ether oxygens (including phenoxy) is 1. The Labute approximate surface area is 141 Å². The van der Waals surface area contributed by atoms with Gasteiger partial charge in [-0.1, -0.05) is 35.9 Å². The zero-order valence-electron chi connectivity index (χ0n) is 12.8. The third-order valence-electron chi connectivity index (χ3n) is 3.80. The molecule has 5 heteroatoms. The fraction of sp³-hybridized carbons (Fsp3) is 0.278. The minimum absolute atomic E-state index is 0.0723. The van der Waals surface area contributed by atoms with Crippen LogP contribution in [0.15, 0.2) is 48.5 Å². The van der Waals surface area contributed by atoms with E-state index in [1.165, 1.54) is 5.56 Å². The van der Waals surface area contributed by atoms with Crippen molar-refractivity contribution in [2.75, 3.05) is 31.6 Å². The molecule has 1 fully saturated rings. The van der Waals surface area contributed by atoms with Gasteiger partial charge in [0.2, 0.25) is 0 Å². The average molecular weight is 331 g/mol. The van der Waals surface area contributed by atoms with Crippen LogP contribution in [0.4, 0.5) is 10.5 Å². The molecule has 1 N–H and O–H groups in total. The van der Waals surface area contributed by atoms with Crippen LogP contribution in [0.5, 0.6) is 0 Å². The maximum atomic E-state index is 12.2. The molecule has 0 aromatic heterocycles. The van der Waals surface area contributed by atoms with Crippen molar-refractivity contribution in [2.45, 2.75) is 6.42 Å². The van der Waals surface area contributed by atoms with Crippen molar-refractivity contribution < 1.29 is 9.53 Å². The second kappa shape index (κ2) is 7.49. The van der Waals surface area contributed by atoms with Gasteiger partial charge < -0.3 is 15.0 Å². The van der Waals surface area contributed by atoms with Gasteiger partial charge in [-0.15, -0.1) is 0 Å². The molecule has 0 spiro atoms. The standard InChI is InChI=1S/C18H19ClN2O2/c19-16-6-4-14(5-7-16)12-15-2-1-3-17(13-15)20-18(22)21-8-10-23-11-9-21/h1-7,13H,8-12H2,(H,20,22). The summed E-state index contributed by atoms with van der Waals surface area (Å²) < 4.78 is 5.26. The van der Waals surface area contributed by atoms with Crippen LogP contribution in [0.1, 0.15) is 11.1 Å². The van der Waals surface area contributed by atoms with Crippen LogP contribution in [0.25, 0.3) is 0 Å². The molecular formula is C18H19ClN2O2. The topological polar surface area (TPSA) is 41.6 Å². The molecule has 2 aromatic carbocycles. The van der Waals surface area contributed by atoms with Crippen molar-refractivity contribution in [3.05, 3.63) is 64.7 Å². The molecule has 2 amide bonds. The molecule has 0 saturated carbocycles. The molecule has 120 valence electrons. The SMILES string of the molecule is O=C(Nc1cccc(Cc2ccc(Cl)cc2)c1)N1CCOCC1. The number of nitrogens with one attached hydrogen (secondary N) is 1. The molecule has 3 rings (SSSR count). The Morgan fingerprint density at radius 1 is 1.09 bits per heavy atom. The number of amides is 2. The number of hydrogen-bond donors (Lipinski definition) is 1. The summed E-state index contributed by atoms with van der Waals surface area (Å²) in [6, 6.07) is 15.7. The first-order valence-corrected chi connectivity index (χ1v) is 8.05. The lowest BCUT2D eigenvalue weighted by Gasteiger charge is -2.27. The lowest BCUT2D eigenvalue weighted by Crippen LogP contribution is -2.43. The molecule has 0 radical (unpaired) electrons. The maximum absolute atomic E-state index is 12.2. The number of carbonyl (C=O) groups excluding carboxylic acids is 1. The quantitative estimate of drug-likeness (QED) is 0.930. The Hall–Kier alpha value is -2.04. The number of hydrogen-bond acceptors (Lipinski definition) is 2. The molecule has 23 heavy (non-hydrogen) atoms. The summed E-state index contributed by atoms with van der Waals surface area (Å²) in [5, 5.41) is 3.69. The lowest BCUT2D eigenvalue weighted by molar-refractivity contribution is 0.0564. The van der Waals surface area contributed by atoms with E-state index in [0.29, 0.717) is 26.3 Å². The van der Waals surface area contributed by atoms with Crippen molar-refractivity contribution >= 4 is 23.3 Å². The van der Waals surface area contributed by atoms with Gasteiger partial charge in [0.05, 0.1) is 13.2 Å². The predicted octanol–water partition coefficient (Wildman–Crippen LogP) is 3.79. The molecule has 1 heterocycles. The highest BCUT2D eigenvalue weighted by Crippen LogP contribution is 2.17. The molecular weight excluding hydrogens is 312 g/mol.